The van der Waals surface area contributed by atoms with E-state index in [1.54, 1.807) is 0 Å². The molecule has 0 spiro atoms. The van der Waals surface area contributed by atoms with Crippen molar-refractivity contribution in [3.63, 3.8) is 0 Å². The lowest BCUT2D eigenvalue weighted by Gasteiger charge is -2.17. The average molecular weight is 313 g/mol. The fourth-order valence-electron chi connectivity index (χ4n) is 2.91. The zero-order valence-corrected chi connectivity index (χ0v) is 14.7. The Labute approximate surface area is 133 Å². The third kappa shape index (κ3) is 3.03. The molecule has 2 aromatic rings. The first kappa shape index (κ1) is 16.6. The number of carbonyl (C=O) groups is 1. The smallest absolute Gasteiger partial charge is 0.242 e. The molecule has 0 amide bonds. The lowest BCUT2D eigenvalue weighted by Crippen LogP contribution is -2.07. The number of rotatable bonds is 4. The Morgan fingerprint density at radius 1 is 1.00 bits per heavy atom. The van der Waals surface area contributed by atoms with E-state index in [1.165, 1.54) is 0 Å². The van der Waals surface area contributed by atoms with E-state index in [2.05, 4.69) is 6.92 Å². The Morgan fingerprint density at radius 3 is 2.14 bits per heavy atom. The van der Waals surface area contributed by atoms with Crippen molar-refractivity contribution in [2.75, 3.05) is 0 Å². The Hall–Kier alpha value is -1.79. The van der Waals surface area contributed by atoms with Crippen LogP contribution in [-0.4, -0.2) is 11.2 Å². The van der Waals surface area contributed by atoms with Gasteiger partial charge in [0.25, 0.3) is 0 Å². The predicted octanol–water partition coefficient (Wildman–Crippen LogP) is 5.65. The number of hydrogen-bond acceptors (Lipinski definition) is 2. The molecule has 0 aliphatic rings. The third-order valence-electron chi connectivity index (χ3n) is 3.92. The molecule has 0 saturated carbocycles. The molecule has 0 aliphatic heterocycles. The normalized spacial score (nSPS) is 11.6. The molecule has 0 N–H and O–H groups in total. The Morgan fingerprint density at radius 2 is 1.59 bits per heavy atom. The molecule has 0 fully saturated rings. The summed E-state index contributed by atoms with van der Waals surface area (Å²) >= 11 is 0. The molecule has 1 unspecified atom stereocenters. The zero-order chi connectivity index (χ0) is 16.4. The third-order valence-corrected chi connectivity index (χ3v) is 5.48. The van der Waals surface area contributed by atoms with Gasteiger partial charge in [-0.25, -0.2) is 0 Å². The van der Waals surface area contributed by atoms with Gasteiger partial charge in [-0.05, 0) is 48.6 Å². The van der Waals surface area contributed by atoms with Gasteiger partial charge in [0.1, 0.15) is 7.80 Å². The molecular formula is C19H22O2P. The van der Waals surface area contributed by atoms with Gasteiger partial charge in [0.15, 0.2) is 0 Å². The standard InChI is InChI=1S/C19H22O2P/c1-12(2)22(21)19(20)18-14(4)11-13(3)17(15(18)5)16-9-7-6-8-10-16/h6-12H,1-5H3. The minimum atomic E-state index is -1.89. The van der Waals surface area contributed by atoms with Gasteiger partial charge >= 0.3 is 0 Å². The van der Waals surface area contributed by atoms with Crippen LogP contribution in [0.15, 0.2) is 36.4 Å². The maximum absolute atomic E-state index is 12.6. The number of hydrogen-bond donors (Lipinski definition) is 0. The van der Waals surface area contributed by atoms with Gasteiger partial charge in [-0.15, -0.1) is 0 Å². The average Bonchev–Trinajstić information content (AvgIpc) is 2.46. The highest BCUT2D eigenvalue weighted by molar-refractivity contribution is 7.65. The van der Waals surface area contributed by atoms with Gasteiger partial charge in [0.2, 0.25) is 5.52 Å². The van der Waals surface area contributed by atoms with Crippen LogP contribution in [0.4, 0.5) is 0 Å². The number of carbonyl (C=O) groups excluding carboxylic acids is 1. The van der Waals surface area contributed by atoms with Crippen LogP contribution in [0.1, 0.15) is 40.9 Å². The fourth-order valence-corrected chi connectivity index (χ4v) is 3.94. The van der Waals surface area contributed by atoms with Gasteiger partial charge < -0.3 is 0 Å². The lowest BCUT2D eigenvalue weighted by molar-refractivity contribution is 0.107. The SMILES string of the molecule is Cc1cc(C)c(-c2ccccc2)c(C)c1C(=O)[P](=O)C(C)C. The maximum Gasteiger partial charge on any atom is 0.242 e. The highest BCUT2D eigenvalue weighted by Gasteiger charge is 2.24. The molecule has 0 bridgehead atoms. The zero-order valence-electron chi connectivity index (χ0n) is 13.8. The van der Waals surface area contributed by atoms with Crippen LogP contribution < -0.4 is 0 Å². The van der Waals surface area contributed by atoms with Crippen LogP contribution in [0.2, 0.25) is 0 Å². The lowest BCUT2D eigenvalue weighted by atomic mass is 9.90. The van der Waals surface area contributed by atoms with Crippen molar-refractivity contribution >= 4 is 13.3 Å². The van der Waals surface area contributed by atoms with Crippen LogP contribution in [0.3, 0.4) is 0 Å². The van der Waals surface area contributed by atoms with E-state index in [0.29, 0.717) is 5.56 Å². The van der Waals surface area contributed by atoms with Crippen molar-refractivity contribution in [3.8, 4) is 11.1 Å². The summed E-state index contributed by atoms with van der Waals surface area (Å²) in [6.07, 6.45) is 0. The van der Waals surface area contributed by atoms with E-state index in [-0.39, 0.29) is 11.2 Å². The van der Waals surface area contributed by atoms with Crippen molar-refractivity contribution in [3.05, 3.63) is 58.7 Å². The molecule has 0 heterocycles. The first-order chi connectivity index (χ1) is 10.3. The molecule has 0 aliphatic carbocycles. The minimum absolute atomic E-state index is 0.136. The molecule has 2 rings (SSSR count). The molecule has 115 valence electrons. The summed E-state index contributed by atoms with van der Waals surface area (Å²) in [5.74, 6) is 0. The topological polar surface area (TPSA) is 34.1 Å². The van der Waals surface area contributed by atoms with Crippen molar-refractivity contribution in [2.45, 2.75) is 40.3 Å². The number of aryl methyl sites for hydroxylation is 2. The van der Waals surface area contributed by atoms with Gasteiger partial charge in [-0.1, -0.05) is 50.2 Å². The molecule has 22 heavy (non-hydrogen) atoms. The quantitative estimate of drug-likeness (QED) is 0.683. The summed E-state index contributed by atoms with van der Waals surface area (Å²) in [5.41, 5.74) is 5.39. The Kier molecular flexibility index (Phi) is 4.93. The molecule has 1 radical (unpaired) electrons. The highest BCUT2D eigenvalue weighted by Crippen LogP contribution is 2.38. The van der Waals surface area contributed by atoms with Crippen LogP contribution in [0.25, 0.3) is 11.1 Å². The second-order valence-corrected chi connectivity index (χ2v) is 8.07. The summed E-state index contributed by atoms with van der Waals surface area (Å²) in [7, 11) is -1.89. The summed E-state index contributed by atoms with van der Waals surface area (Å²) in [4.78, 5) is 12.6. The minimum Gasteiger partial charge on any atom is -0.281 e. The van der Waals surface area contributed by atoms with E-state index >= 15 is 0 Å². The predicted molar refractivity (Wildman–Crippen MR) is 93.2 cm³/mol. The van der Waals surface area contributed by atoms with Gasteiger partial charge in [0, 0.05) is 11.2 Å². The van der Waals surface area contributed by atoms with E-state index < -0.39 is 7.80 Å². The molecule has 3 heteroatoms. The molecule has 2 aromatic carbocycles. The van der Waals surface area contributed by atoms with Crippen molar-refractivity contribution in [2.24, 2.45) is 0 Å². The van der Waals surface area contributed by atoms with Crippen molar-refractivity contribution in [1.82, 2.24) is 0 Å². The summed E-state index contributed by atoms with van der Waals surface area (Å²) < 4.78 is 12.3. The molecule has 1 atom stereocenters. The summed E-state index contributed by atoms with van der Waals surface area (Å²) in [6.45, 7) is 9.59. The van der Waals surface area contributed by atoms with Crippen LogP contribution in [0.5, 0.6) is 0 Å². The van der Waals surface area contributed by atoms with Crippen LogP contribution in [0, 0.1) is 20.8 Å². The van der Waals surface area contributed by atoms with E-state index in [9.17, 15) is 9.36 Å². The monoisotopic (exact) mass is 313 g/mol. The van der Waals surface area contributed by atoms with Gasteiger partial charge in [-0.3, -0.25) is 9.36 Å². The van der Waals surface area contributed by atoms with Gasteiger partial charge in [0.05, 0.1) is 0 Å². The van der Waals surface area contributed by atoms with E-state index in [4.69, 9.17) is 0 Å². The largest absolute Gasteiger partial charge is 0.281 e. The molecule has 0 saturated heterocycles. The first-order valence-corrected chi connectivity index (χ1v) is 8.84. The maximum atomic E-state index is 12.6. The molecule has 2 nitrogen and oxygen atoms in total. The second kappa shape index (κ2) is 6.54. The molecular weight excluding hydrogens is 291 g/mol. The second-order valence-electron chi connectivity index (χ2n) is 5.98. The van der Waals surface area contributed by atoms with Crippen LogP contribution in [-0.2, 0) is 4.57 Å². The first-order valence-electron chi connectivity index (χ1n) is 7.51. The van der Waals surface area contributed by atoms with Crippen LogP contribution >= 0.6 is 7.80 Å². The van der Waals surface area contributed by atoms with E-state index in [0.717, 1.165) is 27.8 Å². The summed E-state index contributed by atoms with van der Waals surface area (Å²) in [6, 6.07) is 12.1. The summed E-state index contributed by atoms with van der Waals surface area (Å²) in [5, 5.41) is 0. The number of benzene rings is 2. The highest BCUT2D eigenvalue weighted by atomic mass is 31.1. The fraction of sp³-hybridized carbons (Fsp3) is 0.316. The van der Waals surface area contributed by atoms with Gasteiger partial charge in [-0.2, -0.15) is 0 Å². The van der Waals surface area contributed by atoms with Crippen molar-refractivity contribution < 1.29 is 9.36 Å². The Balaban J connectivity index is 2.67. The Bertz CT molecular complexity index is 731. The van der Waals surface area contributed by atoms with Crippen molar-refractivity contribution in [1.29, 1.82) is 0 Å². The van der Waals surface area contributed by atoms with E-state index in [1.807, 2.05) is 64.1 Å². The molecule has 0 aromatic heterocycles.